The molecular formula is C16H10O5-2. The summed E-state index contributed by atoms with van der Waals surface area (Å²) < 4.78 is 5.12. The Morgan fingerprint density at radius 2 is 1.29 bits per heavy atom. The molecule has 0 aliphatic rings. The van der Waals surface area contributed by atoms with Crippen molar-refractivity contribution in [2.75, 3.05) is 0 Å². The average Bonchev–Trinajstić information content (AvgIpc) is 2.96. The first kappa shape index (κ1) is 14.3. The van der Waals surface area contributed by atoms with Crippen LogP contribution in [0.3, 0.4) is 0 Å². The number of rotatable bonds is 2. The fourth-order valence-corrected chi connectivity index (χ4v) is 1.75. The molecule has 5 heteroatoms. The Balaban J connectivity index is 0.000000159. The van der Waals surface area contributed by atoms with Crippen LogP contribution in [0.15, 0.2) is 65.3 Å². The zero-order valence-corrected chi connectivity index (χ0v) is 10.8. The van der Waals surface area contributed by atoms with Crippen molar-refractivity contribution < 1.29 is 24.2 Å². The van der Waals surface area contributed by atoms with Crippen LogP contribution in [0.5, 0.6) is 0 Å². The summed E-state index contributed by atoms with van der Waals surface area (Å²) in [6, 6.07) is 15.0. The first-order valence-electron chi connectivity index (χ1n) is 6.03. The second-order valence-corrected chi connectivity index (χ2v) is 4.08. The molecule has 0 aliphatic heterocycles. The zero-order valence-electron chi connectivity index (χ0n) is 10.8. The third kappa shape index (κ3) is 3.48. The number of carboxylic acids is 2. The van der Waals surface area contributed by atoms with Gasteiger partial charge in [0.1, 0.15) is 5.58 Å². The van der Waals surface area contributed by atoms with Crippen LogP contribution in [0, 0.1) is 0 Å². The highest BCUT2D eigenvalue weighted by Gasteiger charge is 2.01. The van der Waals surface area contributed by atoms with E-state index < -0.39 is 11.9 Å². The fraction of sp³-hybridized carbons (Fsp3) is 0. The summed E-state index contributed by atoms with van der Waals surface area (Å²) in [5.41, 5.74) is 0.229. The molecule has 1 heterocycles. The van der Waals surface area contributed by atoms with E-state index in [4.69, 9.17) is 4.42 Å². The van der Waals surface area contributed by atoms with Gasteiger partial charge in [0.05, 0.1) is 18.2 Å². The number of benzene rings is 2. The van der Waals surface area contributed by atoms with Crippen molar-refractivity contribution in [2.24, 2.45) is 0 Å². The van der Waals surface area contributed by atoms with Gasteiger partial charge in [-0.3, -0.25) is 0 Å². The number of aromatic carboxylic acids is 2. The van der Waals surface area contributed by atoms with Gasteiger partial charge < -0.3 is 24.2 Å². The summed E-state index contributed by atoms with van der Waals surface area (Å²) in [6.45, 7) is 0. The smallest absolute Gasteiger partial charge is 0.133 e. The maximum absolute atomic E-state index is 10.3. The Morgan fingerprint density at radius 1 is 0.762 bits per heavy atom. The standard InChI is InChI=1S/C8H6O4.C8H6O/c9-7(10)5-3-1-2-4-6(5)8(11)12;1-2-4-8-7(3-1)5-6-9-8/h1-4H,(H,9,10)(H,11,12);1-6H/p-2. The number of carbonyl (C=O) groups is 2. The molecule has 2 aromatic carbocycles. The van der Waals surface area contributed by atoms with Gasteiger partial charge >= 0.3 is 0 Å². The van der Waals surface area contributed by atoms with E-state index in [1.807, 2.05) is 30.3 Å². The van der Waals surface area contributed by atoms with E-state index in [1.54, 1.807) is 6.26 Å². The van der Waals surface area contributed by atoms with Crippen LogP contribution in [-0.4, -0.2) is 11.9 Å². The second kappa shape index (κ2) is 6.38. The van der Waals surface area contributed by atoms with Crippen molar-refractivity contribution >= 4 is 22.9 Å². The Morgan fingerprint density at radius 3 is 1.81 bits per heavy atom. The number of fused-ring (bicyclic) bond motifs is 1. The molecular weight excluding hydrogens is 272 g/mol. The number of furan rings is 1. The third-order valence-corrected chi connectivity index (χ3v) is 2.73. The summed E-state index contributed by atoms with van der Waals surface area (Å²) in [5, 5.41) is 21.8. The monoisotopic (exact) mass is 282 g/mol. The summed E-state index contributed by atoms with van der Waals surface area (Å²) >= 11 is 0. The van der Waals surface area contributed by atoms with Gasteiger partial charge in [-0.2, -0.15) is 0 Å². The Hall–Kier alpha value is -3.08. The minimum absolute atomic E-state index is 0.363. The van der Waals surface area contributed by atoms with Crippen LogP contribution in [0.25, 0.3) is 11.0 Å². The van der Waals surface area contributed by atoms with Crippen LogP contribution in [0.2, 0.25) is 0 Å². The molecule has 1 aromatic heterocycles. The molecule has 0 N–H and O–H groups in total. The lowest BCUT2D eigenvalue weighted by Crippen LogP contribution is -2.29. The van der Waals surface area contributed by atoms with E-state index in [9.17, 15) is 19.8 Å². The molecule has 0 atom stereocenters. The van der Waals surface area contributed by atoms with Gasteiger partial charge in [-0.15, -0.1) is 0 Å². The molecule has 21 heavy (non-hydrogen) atoms. The number of carboxylic acid groups (broad SMARTS) is 2. The van der Waals surface area contributed by atoms with Crippen molar-refractivity contribution in [1.82, 2.24) is 0 Å². The Labute approximate surface area is 120 Å². The van der Waals surface area contributed by atoms with E-state index in [1.165, 1.54) is 12.1 Å². The normalized spacial score (nSPS) is 9.71. The molecule has 5 nitrogen and oxygen atoms in total. The molecule has 3 rings (SSSR count). The number of hydrogen-bond donors (Lipinski definition) is 0. The number of carbonyl (C=O) groups excluding carboxylic acids is 2. The minimum Gasteiger partial charge on any atom is -0.545 e. The van der Waals surface area contributed by atoms with Crippen LogP contribution >= 0.6 is 0 Å². The lowest BCUT2D eigenvalue weighted by atomic mass is 10.1. The molecule has 0 radical (unpaired) electrons. The van der Waals surface area contributed by atoms with Crippen molar-refractivity contribution in [1.29, 1.82) is 0 Å². The lowest BCUT2D eigenvalue weighted by molar-refractivity contribution is -0.259. The Kier molecular flexibility index (Phi) is 4.36. The summed E-state index contributed by atoms with van der Waals surface area (Å²) in [6.07, 6.45) is 1.70. The van der Waals surface area contributed by atoms with Gasteiger partial charge in [0, 0.05) is 16.5 Å². The van der Waals surface area contributed by atoms with Crippen molar-refractivity contribution in [3.8, 4) is 0 Å². The van der Waals surface area contributed by atoms with Crippen LogP contribution < -0.4 is 10.2 Å². The molecule has 0 fully saturated rings. The average molecular weight is 282 g/mol. The predicted molar refractivity (Wildman–Crippen MR) is 71.3 cm³/mol. The first-order valence-corrected chi connectivity index (χ1v) is 6.03. The SMILES string of the molecule is O=C([O-])c1ccccc1C(=O)[O-].c1ccc2occc2c1. The van der Waals surface area contributed by atoms with Gasteiger partial charge in [-0.25, -0.2) is 0 Å². The van der Waals surface area contributed by atoms with E-state index in [0.717, 1.165) is 23.1 Å². The molecule has 0 saturated heterocycles. The largest absolute Gasteiger partial charge is 0.545 e. The molecule has 3 aromatic rings. The van der Waals surface area contributed by atoms with Gasteiger partial charge in [0.2, 0.25) is 0 Å². The highest BCUT2D eigenvalue weighted by Crippen LogP contribution is 2.12. The molecule has 0 saturated carbocycles. The highest BCUT2D eigenvalue weighted by atomic mass is 16.4. The first-order chi connectivity index (χ1) is 10.1. The van der Waals surface area contributed by atoms with Gasteiger partial charge in [-0.1, -0.05) is 42.5 Å². The van der Waals surface area contributed by atoms with Gasteiger partial charge in [0.25, 0.3) is 0 Å². The molecule has 0 amide bonds. The number of para-hydroxylation sites is 1. The number of hydrogen-bond acceptors (Lipinski definition) is 5. The van der Waals surface area contributed by atoms with E-state index in [2.05, 4.69) is 0 Å². The predicted octanol–water partition coefficient (Wildman–Crippen LogP) is 0.846. The third-order valence-electron chi connectivity index (χ3n) is 2.73. The van der Waals surface area contributed by atoms with E-state index in [0.29, 0.717) is 0 Å². The topological polar surface area (TPSA) is 93.4 Å². The summed E-state index contributed by atoms with van der Waals surface area (Å²) in [4.78, 5) is 20.6. The molecule has 0 spiro atoms. The summed E-state index contributed by atoms with van der Waals surface area (Å²) in [7, 11) is 0. The summed E-state index contributed by atoms with van der Waals surface area (Å²) in [5.74, 6) is -3.04. The van der Waals surface area contributed by atoms with E-state index in [-0.39, 0.29) is 11.1 Å². The molecule has 0 unspecified atom stereocenters. The quantitative estimate of drug-likeness (QED) is 0.694. The van der Waals surface area contributed by atoms with Crippen LogP contribution in [0.1, 0.15) is 20.7 Å². The van der Waals surface area contributed by atoms with Crippen molar-refractivity contribution in [3.63, 3.8) is 0 Å². The zero-order chi connectivity index (χ0) is 15.2. The van der Waals surface area contributed by atoms with Gasteiger partial charge in [0.15, 0.2) is 0 Å². The van der Waals surface area contributed by atoms with Crippen molar-refractivity contribution in [2.45, 2.75) is 0 Å². The Bertz CT molecular complexity index is 710. The molecule has 0 aliphatic carbocycles. The minimum atomic E-state index is -1.52. The second-order valence-electron chi connectivity index (χ2n) is 4.08. The van der Waals surface area contributed by atoms with Crippen LogP contribution in [-0.2, 0) is 0 Å². The molecule has 106 valence electrons. The van der Waals surface area contributed by atoms with Crippen molar-refractivity contribution in [3.05, 3.63) is 72.0 Å². The maximum Gasteiger partial charge on any atom is 0.133 e. The lowest BCUT2D eigenvalue weighted by Gasteiger charge is -2.09. The maximum atomic E-state index is 10.3. The highest BCUT2D eigenvalue weighted by molar-refractivity contribution is 5.99. The fourth-order valence-electron chi connectivity index (χ4n) is 1.75. The van der Waals surface area contributed by atoms with E-state index >= 15 is 0 Å². The van der Waals surface area contributed by atoms with Crippen LogP contribution in [0.4, 0.5) is 0 Å². The van der Waals surface area contributed by atoms with Gasteiger partial charge in [-0.05, 0) is 12.1 Å². The molecule has 0 bridgehead atoms.